The summed E-state index contributed by atoms with van der Waals surface area (Å²) in [5.41, 5.74) is 3.24. The van der Waals surface area contributed by atoms with Crippen molar-refractivity contribution in [2.45, 2.75) is 39.2 Å². The van der Waals surface area contributed by atoms with E-state index < -0.39 is 0 Å². The second-order valence-corrected chi connectivity index (χ2v) is 5.46. The van der Waals surface area contributed by atoms with E-state index in [0.29, 0.717) is 0 Å². The van der Waals surface area contributed by atoms with Crippen LogP contribution in [0.15, 0.2) is 12.3 Å². The lowest BCUT2D eigenvalue weighted by Gasteiger charge is -2.10. The number of pyridine rings is 1. The Labute approximate surface area is 106 Å². The summed E-state index contributed by atoms with van der Waals surface area (Å²) in [6.07, 6.45) is 7.32. The molecule has 0 atom stereocenters. The van der Waals surface area contributed by atoms with Crippen molar-refractivity contribution >= 4 is 23.4 Å². The first kappa shape index (κ1) is 11.0. The van der Waals surface area contributed by atoms with Crippen LogP contribution in [0.2, 0.25) is 0 Å². The Morgan fingerprint density at radius 1 is 1.47 bits per heavy atom. The topological polar surface area (TPSA) is 33.6 Å². The quantitative estimate of drug-likeness (QED) is 0.823. The van der Waals surface area contributed by atoms with Crippen LogP contribution in [0.25, 0.3) is 11.2 Å². The van der Waals surface area contributed by atoms with Crippen LogP contribution in [0.5, 0.6) is 0 Å². The molecule has 2 aromatic heterocycles. The Balaban J connectivity index is 2.02. The average molecular weight is 247 g/mol. The highest BCUT2D eigenvalue weighted by Gasteiger charge is 2.17. The predicted molar refractivity (Wildman–Crippen MR) is 71.6 cm³/mol. The standard InChI is InChI=1S/C13H17N3S/c1-9-6-11-12(14-7-9)16(13(17)15-11)8-10-4-2-3-5-10/h6-7,10H,2-5,8H2,1H3,(H,15,17). The maximum atomic E-state index is 5.40. The van der Waals surface area contributed by atoms with E-state index in [2.05, 4.69) is 27.5 Å². The van der Waals surface area contributed by atoms with Gasteiger partial charge in [-0.1, -0.05) is 12.8 Å². The number of aromatic amines is 1. The highest BCUT2D eigenvalue weighted by molar-refractivity contribution is 7.71. The molecule has 1 aliphatic rings. The smallest absolute Gasteiger partial charge is 0.179 e. The van der Waals surface area contributed by atoms with E-state index in [9.17, 15) is 0 Å². The van der Waals surface area contributed by atoms with E-state index in [0.717, 1.165) is 28.4 Å². The zero-order chi connectivity index (χ0) is 11.8. The van der Waals surface area contributed by atoms with Gasteiger partial charge in [0.1, 0.15) is 0 Å². The Kier molecular flexibility index (Phi) is 2.74. The molecule has 1 saturated carbocycles. The summed E-state index contributed by atoms with van der Waals surface area (Å²) in [7, 11) is 0. The third-order valence-corrected chi connectivity index (χ3v) is 3.98. The molecule has 0 amide bonds. The van der Waals surface area contributed by atoms with Gasteiger partial charge in [-0.2, -0.15) is 0 Å². The SMILES string of the molecule is Cc1cnc2c(c1)[nH]c(=S)n2CC1CCCC1. The van der Waals surface area contributed by atoms with E-state index >= 15 is 0 Å². The molecule has 0 aliphatic heterocycles. The first-order valence-corrected chi connectivity index (χ1v) is 6.70. The fraction of sp³-hybridized carbons (Fsp3) is 0.538. The van der Waals surface area contributed by atoms with Crippen LogP contribution in [0.1, 0.15) is 31.2 Å². The van der Waals surface area contributed by atoms with Gasteiger partial charge in [0.05, 0.1) is 5.52 Å². The van der Waals surface area contributed by atoms with Gasteiger partial charge in [-0.15, -0.1) is 0 Å². The average Bonchev–Trinajstić information content (AvgIpc) is 2.88. The van der Waals surface area contributed by atoms with Crippen molar-refractivity contribution in [3.05, 3.63) is 22.6 Å². The number of aryl methyl sites for hydroxylation is 1. The van der Waals surface area contributed by atoms with Gasteiger partial charge in [0.25, 0.3) is 0 Å². The Morgan fingerprint density at radius 3 is 3.00 bits per heavy atom. The molecular formula is C13H17N3S. The summed E-state index contributed by atoms with van der Waals surface area (Å²) < 4.78 is 2.98. The molecule has 0 saturated heterocycles. The molecule has 0 spiro atoms. The number of imidazole rings is 1. The van der Waals surface area contributed by atoms with Crippen LogP contribution in [-0.4, -0.2) is 14.5 Å². The highest BCUT2D eigenvalue weighted by atomic mass is 32.1. The summed E-state index contributed by atoms with van der Waals surface area (Å²) in [5, 5.41) is 0. The van der Waals surface area contributed by atoms with E-state index in [1.807, 2.05) is 6.20 Å². The van der Waals surface area contributed by atoms with Crippen molar-refractivity contribution in [1.29, 1.82) is 0 Å². The van der Waals surface area contributed by atoms with Gasteiger partial charge < -0.3 is 9.55 Å². The van der Waals surface area contributed by atoms with Crippen LogP contribution in [0.4, 0.5) is 0 Å². The number of rotatable bonds is 2. The number of H-pyrrole nitrogens is 1. The summed E-state index contributed by atoms with van der Waals surface area (Å²) in [6.45, 7) is 3.08. The minimum Gasteiger partial charge on any atom is -0.329 e. The number of aromatic nitrogens is 3. The van der Waals surface area contributed by atoms with Crippen LogP contribution >= 0.6 is 12.2 Å². The first-order valence-electron chi connectivity index (χ1n) is 6.29. The third-order valence-electron chi connectivity index (χ3n) is 3.66. The zero-order valence-corrected chi connectivity index (χ0v) is 10.9. The van der Waals surface area contributed by atoms with Crippen molar-refractivity contribution in [3.63, 3.8) is 0 Å². The Morgan fingerprint density at radius 2 is 2.24 bits per heavy atom. The molecule has 2 heterocycles. The van der Waals surface area contributed by atoms with Gasteiger partial charge >= 0.3 is 0 Å². The predicted octanol–water partition coefficient (Wildman–Crippen LogP) is 3.59. The summed E-state index contributed by atoms with van der Waals surface area (Å²) in [6, 6.07) is 2.11. The highest BCUT2D eigenvalue weighted by Crippen LogP contribution is 2.27. The molecule has 0 bridgehead atoms. The molecule has 90 valence electrons. The number of nitrogens with one attached hydrogen (secondary N) is 1. The fourth-order valence-corrected chi connectivity index (χ4v) is 3.04. The normalized spacial score (nSPS) is 17.0. The monoisotopic (exact) mass is 247 g/mol. The molecule has 1 aliphatic carbocycles. The molecule has 3 rings (SSSR count). The van der Waals surface area contributed by atoms with Gasteiger partial charge in [-0.25, -0.2) is 4.98 Å². The lowest BCUT2D eigenvalue weighted by Crippen LogP contribution is -2.07. The van der Waals surface area contributed by atoms with Crippen LogP contribution in [0.3, 0.4) is 0 Å². The second-order valence-electron chi connectivity index (χ2n) is 5.08. The van der Waals surface area contributed by atoms with E-state index in [4.69, 9.17) is 12.2 Å². The number of hydrogen-bond donors (Lipinski definition) is 1. The molecule has 1 fully saturated rings. The van der Waals surface area contributed by atoms with Gasteiger partial charge in [-0.3, -0.25) is 0 Å². The van der Waals surface area contributed by atoms with Crippen LogP contribution < -0.4 is 0 Å². The largest absolute Gasteiger partial charge is 0.329 e. The minimum absolute atomic E-state index is 0.781. The second kappa shape index (κ2) is 4.26. The maximum Gasteiger partial charge on any atom is 0.179 e. The maximum absolute atomic E-state index is 5.40. The van der Waals surface area contributed by atoms with Crippen molar-refractivity contribution in [1.82, 2.24) is 14.5 Å². The van der Waals surface area contributed by atoms with E-state index in [1.54, 1.807) is 0 Å². The number of nitrogens with zero attached hydrogens (tertiary/aromatic N) is 2. The number of fused-ring (bicyclic) bond motifs is 1. The van der Waals surface area contributed by atoms with Gasteiger partial charge in [0.15, 0.2) is 10.4 Å². The fourth-order valence-electron chi connectivity index (χ4n) is 2.77. The van der Waals surface area contributed by atoms with Crippen LogP contribution in [-0.2, 0) is 6.54 Å². The molecule has 17 heavy (non-hydrogen) atoms. The van der Waals surface area contributed by atoms with Crippen molar-refractivity contribution in [3.8, 4) is 0 Å². The lowest BCUT2D eigenvalue weighted by molar-refractivity contribution is 0.460. The van der Waals surface area contributed by atoms with E-state index in [1.165, 1.54) is 31.2 Å². The molecule has 2 aromatic rings. The minimum atomic E-state index is 0.781. The third kappa shape index (κ3) is 2.02. The van der Waals surface area contributed by atoms with Gasteiger partial charge in [-0.05, 0) is 49.5 Å². The first-order chi connectivity index (χ1) is 8.24. The Bertz CT molecular complexity index is 590. The van der Waals surface area contributed by atoms with Gasteiger partial charge in [0.2, 0.25) is 0 Å². The van der Waals surface area contributed by atoms with E-state index in [-0.39, 0.29) is 0 Å². The molecular weight excluding hydrogens is 230 g/mol. The lowest BCUT2D eigenvalue weighted by atomic mass is 10.1. The summed E-state index contributed by atoms with van der Waals surface area (Å²) in [4.78, 5) is 7.77. The molecule has 0 aromatic carbocycles. The molecule has 0 radical (unpaired) electrons. The van der Waals surface area contributed by atoms with Crippen molar-refractivity contribution in [2.75, 3.05) is 0 Å². The summed E-state index contributed by atoms with van der Waals surface area (Å²) in [5.74, 6) is 0.781. The van der Waals surface area contributed by atoms with Gasteiger partial charge in [0, 0.05) is 12.7 Å². The van der Waals surface area contributed by atoms with Crippen molar-refractivity contribution < 1.29 is 0 Å². The summed E-state index contributed by atoms with van der Waals surface area (Å²) >= 11 is 5.40. The Hall–Kier alpha value is -1.16. The number of hydrogen-bond acceptors (Lipinski definition) is 2. The van der Waals surface area contributed by atoms with Crippen molar-refractivity contribution in [2.24, 2.45) is 5.92 Å². The molecule has 3 nitrogen and oxygen atoms in total. The van der Waals surface area contributed by atoms with Crippen LogP contribution in [0, 0.1) is 17.6 Å². The molecule has 0 unspecified atom stereocenters. The zero-order valence-electron chi connectivity index (χ0n) is 10.1. The molecule has 1 N–H and O–H groups in total. The molecule has 4 heteroatoms.